The van der Waals surface area contributed by atoms with Gasteiger partial charge in [-0.15, -0.1) is 5.10 Å². The number of carbonyl (C=O) groups excluding carboxylic acids is 1. The van der Waals surface area contributed by atoms with Gasteiger partial charge < -0.3 is 20.4 Å². The minimum absolute atomic E-state index is 0.0152. The van der Waals surface area contributed by atoms with Gasteiger partial charge in [0.25, 0.3) is 5.88 Å². The second-order valence-corrected chi connectivity index (χ2v) is 7.61. The summed E-state index contributed by atoms with van der Waals surface area (Å²) in [5.41, 5.74) is 3.90. The highest BCUT2D eigenvalue weighted by atomic mass is 16.5. The van der Waals surface area contributed by atoms with Gasteiger partial charge in [0.05, 0.1) is 24.5 Å². The van der Waals surface area contributed by atoms with Crippen molar-refractivity contribution >= 4 is 34.4 Å². The average molecular weight is 435 g/mol. The van der Waals surface area contributed by atoms with Gasteiger partial charge >= 0.3 is 6.03 Å². The highest BCUT2D eigenvalue weighted by Crippen LogP contribution is 2.33. The van der Waals surface area contributed by atoms with Crippen molar-refractivity contribution in [3.8, 4) is 17.1 Å². The molecule has 0 saturated heterocycles. The third-order valence-electron chi connectivity index (χ3n) is 4.72. The Hall–Kier alpha value is -4.15. The van der Waals surface area contributed by atoms with E-state index in [-0.39, 0.29) is 12.1 Å². The third kappa shape index (κ3) is 4.17. The number of hydrogen-bond acceptors (Lipinski definition) is 7. The van der Waals surface area contributed by atoms with Crippen LogP contribution in [0.1, 0.15) is 19.4 Å². The summed E-state index contributed by atoms with van der Waals surface area (Å²) in [7, 11) is 3.37. The molecule has 4 N–H and O–H groups in total. The number of amides is 2. The molecule has 0 fully saturated rings. The lowest BCUT2D eigenvalue weighted by Crippen LogP contribution is -2.34. The van der Waals surface area contributed by atoms with Gasteiger partial charge in [0.15, 0.2) is 5.82 Å². The molecule has 4 aromatic rings. The first kappa shape index (κ1) is 21.1. The molecular formula is C21H25N9O2. The number of ether oxygens (including phenoxy) is 1. The molecule has 11 nitrogen and oxygen atoms in total. The molecule has 0 aromatic carbocycles. The van der Waals surface area contributed by atoms with E-state index in [4.69, 9.17) is 9.72 Å². The fourth-order valence-electron chi connectivity index (χ4n) is 3.35. The normalized spacial score (nSPS) is 11.1. The number of rotatable bonds is 6. The minimum atomic E-state index is -0.314. The molecule has 0 unspecified atom stereocenters. The molecule has 32 heavy (non-hydrogen) atoms. The monoisotopic (exact) mass is 435 g/mol. The van der Waals surface area contributed by atoms with E-state index in [0.717, 1.165) is 22.2 Å². The molecule has 0 aliphatic carbocycles. The summed E-state index contributed by atoms with van der Waals surface area (Å²) < 4.78 is 6.94. The Morgan fingerprint density at radius 1 is 1.28 bits per heavy atom. The number of anilines is 3. The topological polar surface area (TPSA) is 135 Å². The molecule has 4 heterocycles. The minimum Gasteiger partial charge on any atom is -0.478 e. The Morgan fingerprint density at radius 2 is 2.09 bits per heavy atom. The van der Waals surface area contributed by atoms with E-state index in [1.807, 2.05) is 40.1 Å². The van der Waals surface area contributed by atoms with Gasteiger partial charge in [-0.25, -0.2) is 19.7 Å². The number of methoxy groups -OCH3 is 1. The molecular weight excluding hydrogens is 410 g/mol. The quantitative estimate of drug-likeness (QED) is 0.365. The Labute approximate surface area is 184 Å². The van der Waals surface area contributed by atoms with Crippen LogP contribution in [0.3, 0.4) is 0 Å². The predicted molar refractivity (Wildman–Crippen MR) is 122 cm³/mol. The summed E-state index contributed by atoms with van der Waals surface area (Å²) >= 11 is 0. The lowest BCUT2D eigenvalue weighted by atomic mass is 10.1. The van der Waals surface area contributed by atoms with Crippen LogP contribution < -0.4 is 20.7 Å². The van der Waals surface area contributed by atoms with Crippen LogP contribution in [0.15, 0.2) is 30.9 Å². The standard InChI is InChI=1S/C21H25N9O2/c1-11(2)25-21(31)28-18-17-13(6-7-22-18)14(9-23-17)16-12(3)8-24-20(27-16)26-15-10-30(4)29-19(15)32-5/h6-11,23H,1-5H3,(H,24,26,27)(H2,22,25,28,31). The Kier molecular flexibility index (Phi) is 5.63. The number of fused-ring (bicyclic) bond motifs is 1. The number of aromatic amines is 1. The van der Waals surface area contributed by atoms with Crippen molar-refractivity contribution in [2.24, 2.45) is 7.05 Å². The summed E-state index contributed by atoms with van der Waals surface area (Å²) in [5, 5.41) is 13.9. The van der Waals surface area contributed by atoms with E-state index in [0.29, 0.717) is 28.9 Å². The summed E-state index contributed by atoms with van der Waals surface area (Å²) in [6.07, 6.45) is 7.05. The maximum Gasteiger partial charge on any atom is 0.320 e. The number of H-pyrrole nitrogens is 1. The fraction of sp³-hybridized carbons (Fsp3) is 0.286. The molecule has 0 aliphatic rings. The van der Waals surface area contributed by atoms with Crippen molar-refractivity contribution in [1.29, 1.82) is 0 Å². The largest absolute Gasteiger partial charge is 0.478 e. The van der Waals surface area contributed by atoms with Crippen molar-refractivity contribution in [2.75, 3.05) is 17.7 Å². The van der Waals surface area contributed by atoms with E-state index >= 15 is 0 Å². The number of nitrogens with one attached hydrogen (secondary N) is 4. The molecule has 4 rings (SSSR count). The second kappa shape index (κ2) is 8.53. The Morgan fingerprint density at radius 3 is 2.84 bits per heavy atom. The van der Waals surface area contributed by atoms with E-state index in [1.54, 1.807) is 30.4 Å². The van der Waals surface area contributed by atoms with Gasteiger partial charge in [0.1, 0.15) is 5.69 Å². The van der Waals surface area contributed by atoms with Crippen molar-refractivity contribution in [2.45, 2.75) is 26.8 Å². The summed E-state index contributed by atoms with van der Waals surface area (Å²) in [5.74, 6) is 1.30. The van der Waals surface area contributed by atoms with Crippen LogP contribution in [-0.4, -0.2) is 48.9 Å². The average Bonchev–Trinajstić information content (AvgIpc) is 3.32. The van der Waals surface area contributed by atoms with Crippen LogP contribution in [0, 0.1) is 6.92 Å². The van der Waals surface area contributed by atoms with Gasteiger partial charge in [-0.1, -0.05) is 0 Å². The second-order valence-electron chi connectivity index (χ2n) is 7.61. The molecule has 2 amide bonds. The van der Waals surface area contributed by atoms with Crippen molar-refractivity contribution in [3.05, 3.63) is 36.4 Å². The lowest BCUT2D eigenvalue weighted by Gasteiger charge is -2.10. The smallest absolute Gasteiger partial charge is 0.320 e. The van der Waals surface area contributed by atoms with E-state index in [9.17, 15) is 4.79 Å². The van der Waals surface area contributed by atoms with Gasteiger partial charge in [-0.05, 0) is 32.4 Å². The number of aromatic nitrogens is 6. The first-order chi connectivity index (χ1) is 15.4. The molecule has 166 valence electrons. The maximum atomic E-state index is 12.1. The molecule has 0 atom stereocenters. The van der Waals surface area contributed by atoms with Gasteiger partial charge in [-0.2, -0.15) is 0 Å². The molecule has 0 spiro atoms. The number of urea groups is 1. The van der Waals surface area contributed by atoms with Crippen molar-refractivity contribution in [3.63, 3.8) is 0 Å². The van der Waals surface area contributed by atoms with Crippen molar-refractivity contribution in [1.82, 2.24) is 35.0 Å². The van der Waals surface area contributed by atoms with Crippen molar-refractivity contribution < 1.29 is 9.53 Å². The van der Waals surface area contributed by atoms with Gasteiger partial charge in [-0.3, -0.25) is 10.00 Å². The lowest BCUT2D eigenvalue weighted by molar-refractivity contribution is 0.250. The molecule has 0 aliphatic heterocycles. The summed E-state index contributed by atoms with van der Waals surface area (Å²) in [4.78, 5) is 28.8. The molecule has 0 bridgehead atoms. The van der Waals surface area contributed by atoms with E-state index in [2.05, 4.69) is 36.0 Å². The van der Waals surface area contributed by atoms with E-state index in [1.165, 1.54) is 0 Å². The number of nitrogens with zero attached hydrogens (tertiary/aromatic N) is 5. The molecule has 4 aromatic heterocycles. The number of pyridine rings is 1. The van der Waals surface area contributed by atoms with Gasteiger partial charge in [0.2, 0.25) is 5.95 Å². The highest BCUT2D eigenvalue weighted by Gasteiger charge is 2.17. The summed E-state index contributed by atoms with van der Waals surface area (Å²) in [6.45, 7) is 5.73. The number of carbonyl (C=O) groups is 1. The first-order valence-corrected chi connectivity index (χ1v) is 10.1. The maximum absolute atomic E-state index is 12.1. The van der Waals surface area contributed by atoms with E-state index < -0.39 is 0 Å². The zero-order valence-electron chi connectivity index (χ0n) is 18.5. The molecule has 0 saturated carbocycles. The van der Waals surface area contributed by atoms with Gasteiger partial charge in [0, 0.05) is 42.6 Å². The predicted octanol–water partition coefficient (Wildman–Crippen LogP) is 3.34. The zero-order chi connectivity index (χ0) is 22.8. The highest BCUT2D eigenvalue weighted by molar-refractivity contribution is 6.04. The van der Waals surface area contributed by atoms with Crippen LogP contribution in [-0.2, 0) is 7.05 Å². The number of aryl methyl sites for hydroxylation is 2. The third-order valence-corrected chi connectivity index (χ3v) is 4.72. The Bertz CT molecular complexity index is 1280. The molecule has 11 heteroatoms. The van der Waals surface area contributed by atoms with Crippen LogP contribution >= 0.6 is 0 Å². The van der Waals surface area contributed by atoms with Crippen LogP contribution in [0.5, 0.6) is 5.88 Å². The first-order valence-electron chi connectivity index (χ1n) is 10.1. The van der Waals surface area contributed by atoms with Crippen LogP contribution in [0.4, 0.5) is 22.2 Å². The SMILES string of the molecule is COc1nn(C)cc1Nc1ncc(C)c(-c2c[nH]c3c(NC(=O)NC(C)C)nccc23)n1. The molecule has 0 radical (unpaired) electrons. The number of hydrogen-bond donors (Lipinski definition) is 4. The summed E-state index contributed by atoms with van der Waals surface area (Å²) in [6, 6.07) is 1.58. The van der Waals surface area contributed by atoms with Crippen LogP contribution in [0.2, 0.25) is 0 Å². The fourth-order valence-corrected chi connectivity index (χ4v) is 3.35. The van der Waals surface area contributed by atoms with Crippen LogP contribution in [0.25, 0.3) is 22.2 Å². The Balaban J connectivity index is 1.69. The zero-order valence-corrected chi connectivity index (χ0v) is 18.5.